The SMILES string of the molecule is C#CC(Oc1ccc(Cl)cc1)c1ccccc1. The summed E-state index contributed by atoms with van der Waals surface area (Å²) < 4.78 is 5.71. The van der Waals surface area contributed by atoms with E-state index in [1.54, 1.807) is 24.3 Å². The van der Waals surface area contributed by atoms with Gasteiger partial charge in [0.25, 0.3) is 0 Å². The third-order valence-corrected chi connectivity index (χ3v) is 2.57. The van der Waals surface area contributed by atoms with Crippen LogP contribution in [0.1, 0.15) is 11.7 Å². The normalized spacial score (nSPS) is 11.5. The zero-order chi connectivity index (χ0) is 12.1. The van der Waals surface area contributed by atoms with Crippen LogP contribution < -0.4 is 4.74 Å². The molecule has 0 aliphatic carbocycles. The van der Waals surface area contributed by atoms with Crippen LogP contribution in [0.4, 0.5) is 0 Å². The number of rotatable bonds is 3. The maximum atomic E-state index is 5.80. The largest absolute Gasteiger partial charge is 0.473 e. The molecule has 0 radical (unpaired) electrons. The van der Waals surface area contributed by atoms with E-state index < -0.39 is 0 Å². The number of hydrogen-bond acceptors (Lipinski definition) is 1. The molecule has 1 atom stereocenters. The topological polar surface area (TPSA) is 9.23 Å². The monoisotopic (exact) mass is 242 g/mol. The summed E-state index contributed by atoms with van der Waals surface area (Å²) in [6, 6.07) is 16.9. The second-order valence-corrected chi connectivity index (χ2v) is 3.97. The number of hydrogen-bond donors (Lipinski definition) is 0. The van der Waals surface area contributed by atoms with Gasteiger partial charge in [0, 0.05) is 10.6 Å². The lowest BCUT2D eigenvalue weighted by Gasteiger charge is -2.14. The Bertz CT molecular complexity index is 511. The first-order valence-electron chi connectivity index (χ1n) is 5.23. The highest BCUT2D eigenvalue weighted by atomic mass is 35.5. The smallest absolute Gasteiger partial charge is 0.184 e. The van der Waals surface area contributed by atoms with Gasteiger partial charge in [0.05, 0.1) is 0 Å². The third-order valence-electron chi connectivity index (χ3n) is 2.32. The van der Waals surface area contributed by atoms with E-state index >= 15 is 0 Å². The molecule has 0 spiro atoms. The van der Waals surface area contributed by atoms with Crippen molar-refractivity contribution in [3.8, 4) is 18.1 Å². The molecule has 2 heteroatoms. The summed E-state index contributed by atoms with van der Waals surface area (Å²) in [4.78, 5) is 0. The maximum absolute atomic E-state index is 5.80. The highest BCUT2D eigenvalue weighted by molar-refractivity contribution is 6.30. The molecule has 0 fully saturated rings. The summed E-state index contributed by atoms with van der Waals surface area (Å²) in [5, 5.41) is 0.675. The van der Waals surface area contributed by atoms with E-state index in [0.29, 0.717) is 10.8 Å². The van der Waals surface area contributed by atoms with Gasteiger partial charge in [-0.3, -0.25) is 0 Å². The Balaban J connectivity index is 2.17. The number of ether oxygens (including phenoxy) is 1. The van der Waals surface area contributed by atoms with Crippen molar-refractivity contribution < 1.29 is 4.74 Å². The molecule has 2 rings (SSSR count). The van der Waals surface area contributed by atoms with Crippen LogP contribution in [-0.2, 0) is 0 Å². The summed E-state index contributed by atoms with van der Waals surface area (Å²) >= 11 is 5.80. The predicted octanol–water partition coefficient (Wildman–Crippen LogP) is 4.09. The standard InChI is InChI=1S/C15H11ClO/c1-2-15(12-6-4-3-5-7-12)17-14-10-8-13(16)9-11-14/h1,3-11,15H. The van der Waals surface area contributed by atoms with E-state index in [4.69, 9.17) is 22.8 Å². The van der Waals surface area contributed by atoms with Gasteiger partial charge >= 0.3 is 0 Å². The molecule has 0 aromatic heterocycles. The van der Waals surface area contributed by atoms with Crippen LogP contribution in [0.3, 0.4) is 0 Å². The van der Waals surface area contributed by atoms with Crippen molar-refractivity contribution >= 4 is 11.6 Å². The summed E-state index contributed by atoms with van der Waals surface area (Å²) in [6.45, 7) is 0. The van der Waals surface area contributed by atoms with Crippen LogP contribution >= 0.6 is 11.6 Å². The van der Waals surface area contributed by atoms with Crippen molar-refractivity contribution in [2.24, 2.45) is 0 Å². The summed E-state index contributed by atoms with van der Waals surface area (Å²) in [6.07, 6.45) is 5.10. The van der Waals surface area contributed by atoms with Crippen molar-refractivity contribution in [1.82, 2.24) is 0 Å². The molecule has 0 N–H and O–H groups in total. The lowest BCUT2D eigenvalue weighted by Crippen LogP contribution is -2.04. The summed E-state index contributed by atoms with van der Waals surface area (Å²) in [5.74, 6) is 3.34. The van der Waals surface area contributed by atoms with Gasteiger partial charge in [-0.15, -0.1) is 6.42 Å². The molecule has 0 aliphatic rings. The molecule has 0 amide bonds. The number of halogens is 1. The van der Waals surface area contributed by atoms with Gasteiger partial charge in [0.15, 0.2) is 6.10 Å². The number of benzene rings is 2. The second kappa shape index (κ2) is 5.43. The highest BCUT2D eigenvalue weighted by Gasteiger charge is 2.08. The van der Waals surface area contributed by atoms with E-state index in [1.165, 1.54) is 0 Å². The van der Waals surface area contributed by atoms with Crippen LogP contribution in [0.5, 0.6) is 5.75 Å². The number of terminal acetylenes is 1. The van der Waals surface area contributed by atoms with E-state index in [-0.39, 0.29) is 6.10 Å². The van der Waals surface area contributed by atoms with Gasteiger partial charge in [0.1, 0.15) is 5.75 Å². The van der Waals surface area contributed by atoms with Gasteiger partial charge < -0.3 is 4.74 Å². The lowest BCUT2D eigenvalue weighted by molar-refractivity contribution is 0.265. The Labute approximate surface area is 106 Å². The average molecular weight is 243 g/mol. The van der Waals surface area contributed by atoms with Gasteiger partial charge in [-0.1, -0.05) is 47.9 Å². The zero-order valence-corrected chi connectivity index (χ0v) is 9.89. The van der Waals surface area contributed by atoms with E-state index in [1.807, 2.05) is 30.3 Å². The fraction of sp³-hybridized carbons (Fsp3) is 0.0667. The molecule has 1 nitrogen and oxygen atoms in total. The lowest BCUT2D eigenvalue weighted by atomic mass is 10.1. The van der Waals surface area contributed by atoms with Crippen LogP contribution in [-0.4, -0.2) is 0 Å². The second-order valence-electron chi connectivity index (χ2n) is 3.53. The van der Waals surface area contributed by atoms with Crippen LogP contribution in [0.25, 0.3) is 0 Å². The van der Waals surface area contributed by atoms with Crippen LogP contribution in [0, 0.1) is 12.3 Å². The van der Waals surface area contributed by atoms with Gasteiger partial charge in [0.2, 0.25) is 0 Å². The molecular weight excluding hydrogens is 232 g/mol. The fourth-order valence-electron chi connectivity index (χ4n) is 1.48. The molecule has 0 heterocycles. The zero-order valence-electron chi connectivity index (χ0n) is 9.14. The van der Waals surface area contributed by atoms with Gasteiger partial charge in [-0.25, -0.2) is 0 Å². The molecule has 1 unspecified atom stereocenters. The predicted molar refractivity (Wildman–Crippen MR) is 70.1 cm³/mol. The molecule has 17 heavy (non-hydrogen) atoms. The van der Waals surface area contributed by atoms with E-state index in [9.17, 15) is 0 Å². The first-order chi connectivity index (χ1) is 8.29. The minimum atomic E-state index is -0.377. The van der Waals surface area contributed by atoms with Crippen LogP contribution in [0.2, 0.25) is 5.02 Å². The molecule has 0 aliphatic heterocycles. The Morgan fingerprint density at radius 2 is 1.65 bits per heavy atom. The van der Waals surface area contributed by atoms with E-state index in [0.717, 1.165) is 5.56 Å². The molecule has 2 aromatic carbocycles. The first kappa shape index (κ1) is 11.6. The molecule has 84 valence electrons. The van der Waals surface area contributed by atoms with Crippen molar-refractivity contribution in [3.05, 3.63) is 65.2 Å². The van der Waals surface area contributed by atoms with Crippen molar-refractivity contribution in [1.29, 1.82) is 0 Å². The van der Waals surface area contributed by atoms with Crippen molar-refractivity contribution in [3.63, 3.8) is 0 Å². The maximum Gasteiger partial charge on any atom is 0.184 e. The fourth-order valence-corrected chi connectivity index (χ4v) is 1.60. The minimum Gasteiger partial charge on any atom is -0.473 e. The molecule has 0 bridgehead atoms. The Morgan fingerprint density at radius 3 is 2.24 bits per heavy atom. The third kappa shape index (κ3) is 3.03. The molecular formula is C15H11ClO. The Morgan fingerprint density at radius 1 is 1.00 bits per heavy atom. The van der Waals surface area contributed by atoms with Crippen molar-refractivity contribution in [2.45, 2.75) is 6.10 Å². The van der Waals surface area contributed by atoms with Gasteiger partial charge in [-0.2, -0.15) is 0 Å². The minimum absolute atomic E-state index is 0.377. The summed E-state index contributed by atoms with van der Waals surface area (Å²) in [7, 11) is 0. The Kier molecular flexibility index (Phi) is 3.69. The molecule has 2 aromatic rings. The highest BCUT2D eigenvalue weighted by Crippen LogP contribution is 2.22. The van der Waals surface area contributed by atoms with Gasteiger partial charge in [-0.05, 0) is 24.3 Å². The Hall–Kier alpha value is -1.91. The van der Waals surface area contributed by atoms with E-state index in [2.05, 4.69) is 5.92 Å². The van der Waals surface area contributed by atoms with Crippen LogP contribution in [0.15, 0.2) is 54.6 Å². The molecule has 0 saturated carbocycles. The molecule has 0 saturated heterocycles. The first-order valence-corrected chi connectivity index (χ1v) is 5.60. The quantitative estimate of drug-likeness (QED) is 0.737. The summed E-state index contributed by atoms with van der Waals surface area (Å²) in [5.41, 5.74) is 0.963. The van der Waals surface area contributed by atoms with Crippen molar-refractivity contribution in [2.75, 3.05) is 0 Å². The average Bonchev–Trinajstić information content (AvgIpc) is 2.39.